The predicted molar refractivity (Wildman–Crippen MR) is 70.6 cm³/mol. The summed E-state index contributed by atoms with van der Waals surface area (Å²) in [5.74, 6) is 0.374. The van der Waals surface area contributed by atoms with E-state index in [2.05, 4.69) is 10.6 Å². The third-order valence-electron chi connectivity index (χ3n) is 3.73. The van der Waals surface area contributed by atoms with Crippen molar-refractivity contribution in [3.05, 3.63) is 0 Å². The Kier molecular flexibility index (Phi) is 5.15. The van der Waals surface area contributed by atoms with Crippen molar-refractivity contribution in [2.45, 2.75) is 25.8 Å². The zero-order valence-corrected chi connectivity index (χ0v) is 11.5. The first kappa shape index (κ1) is 14.3. The van der Waals surface area contributed by atoms with Crippen molar-refractivity contribution in [1.82, 2.24) is 15.5 Å². The monoisotopic (exact) mass is 269 g/mol. The van der Waals surface area contributed by atoms with E-state index < -0.39 is 6.04 Å². The van der Waals surface area contributed by atoms with Crippen LogP contribution in [-0.4, -0.2) is 62.1 Å². The number of nitrogens with zero attached hydrogens (tertiary/aromatic N) is 1. The molecule has 2 atom stereocenters. The molecule has 0 spiro atoms. The van der Waals surface area contributed by atoms with Gasteiger partial charge in [-0.1, -0.05) is 0 Å². The molecule has 108 valence electrons. The smallest absolute Gasteiger partial charge is 0.245 e. The van der Waals surface area contributed by atoms with Gasteiger partial charge in [0.1, 0.15) is 6.04 Å². The fourth-order valence-electron chi connectivity index (χ4n) is 2.66. The largest absolute Gasteiger partial charge is 0.377 e. The SMILES string of the molecule is CCNC(=O)C1COCCN1C(=O)CC1CCNC1. The van der Waals surface area contributed by atoms with E-state index >= 15 is 0 Å². The third kappa shape index (κ3) is 3.67. The fourth-order valence-corrected chi connectivity index (χ4v) is 2.66. The first-order chi connectivity index (χ1) is 9.22. The van der Waals surface area contributed by atoms with Crippen molar-refractivity contribution in [2.24, 2.45) is 5.92 Å². The predicted octanol–water partition coefficient (Wildman–Crippen LogP) is -0.650. The third-order valence-corrected chi connectivity index (χ3v) is 3.73. The van der Waals surface area contributed by atoms with Crippen molar-refractivity contribution in [1.29, 1.82) is 0 Å². The van der Waals surface area contributed by atoms with Crippen LogP contribution in [0.15, 0.2) is 0 Å². The Hall–Kier alpha value is -1.14. The first-order valence-corrected chi connectivity index (χ1v) is 7.08. The Morgan fingerprint density at radius 3 is 3.00 bits per heavy atom. The topological polar surface area (TPSA) is 70.7 Å². The second-order valence-electron chi connectivity index (χ2n) is 5.14. The second kappa shape index (κ2) is 6.86. The normalized spacial score (nSPS) is 27.3. The van der Waals surface area contributed by atoms with Gasteiger partial charge in [0, 0.05) is 19.5 Å². The lowest BCUT2D eigenvalue weighted by Gasteiger charge is -2.35. The zero-order chi connectivity index (χ0) is 13.7. The van der Waals surface area contributed by atoms with E-state index in [1.165, 1.54) is 0 Å². The molecule has 19 heavy (non-hydrogen) atoms. The minimum absolute atomic E-state index is 0.0771. The number of rotatable bonds is 4. The van der Waals surface area contributed by atoms with Gasteiger partial charge in [-0.25, -0.2) is 0 Å². The number of amides is 2. The summed E-state index contributed by atoms with van der Waals surface area (Å²) >= 11 is 0. The van der Waals surface area contributed by atoms with Crippen molar-refractivity contribution in [3.63, 3.8) is 0 Å². The number of likely N-dealkylation sites (N-methyl/N-ethyl adjacent to an activating group) is 1. The van der Waals surface area contributed by atoms with E-state index in [1.54, 1.807) is 4.90 Å². The van der Waals surface area contributed by atoms with Gasteiger partial charge >= 0.3 is 0 Å². The molecule has 2 saturated heterocycles. The van der Waals surface area contributed by atoms with Gasteiger partial charge < -0.3 is 20.3 Å². The van der Waals surface area contributed by atoms with Crippen molar-refractivity contribution >= 4 is 11.8 Å². The van der Waals surface area contributed by atoms with Gasteiger partial charge in [-0.3, -0.25) is 9.59 Å². The minimum atomic E-state index is -0.462. The second-order valence-corrected chi connectivity index (χ2v) is 5.14. The molecule has 0 aromatic rings. The van der Waals surface area contributed by atoms with Crippen LogP contribution in [0.4, 0.5) is 0 Å². The lowest BCUT2D eigenvalue weighted by molar-refractivity contribution is -0.149. The maximum absolute atomic E-state index is 12.3. The Morgan fingerprint density at radius 2 is 2.32 bits per heavy atom. The summed E-state index contributed by atoms with van der Waals surface area (Å²) < 4.78 is 5.33. The summed E-state index contributed by atoms with van der Waals surface area (Å²) in [4.78, 5) is 26.0. The molecule has 0 aromatic heterocycles. The summed E-state index contributed by atoms with van der Waals surface area (Å²) in [7, 11) is 0. The Morgan fingerprint density at radius 1 is 1.47 bits per heavy atom. The molecule has 0 radical (unpaired) electrons. The molecule has 2 fully saturated rings. The Labute approximate surface area is 113 Å². The first-order valence-electron chi connectivity index (χ1n) is 7.08. The molecule has 6 heteroatoms. The number of hydrogen-bond acceptors (Lipinski definition) is 4. The number of carbonyl (C=O) groups is 2. The van der Waals surface area contributed by atoms with Gasteiger partial charge in [0.05, 0.1) is 13.2 Å². The van der Waals surface area contributed by atoms with Crippen molar-refractivity contribution < 1.29 is 14.3 Å². The van der Waals surface area contributed by atoms with Gasteiger partial charge in [0.25, 0.3) is 0 Å². The number of ether oxygens (including phenoxy) is 1. The lowest BCUT2D eigenvalue weighted by Crippen LogP contribution is -2.56. The average Bonchev–Trinajstić information content (AvgIpc) is 2.92. The quantitative estimate of drug-likeness (QED) is 0.711. The lowest BCUT2D eigenvalue weighted by atomic mass is 10.0. The number of nitrogens with one attached hydrogen (secondary N) is 2. The zero-order valence-electron chi connectivity index (χ0n) is 11.5. The number of morpholine rings is 1. The molecule has 6 nitrogen and oxygen atoms in total. The minimum Gasteiger partial charge on any atom is -0.377 e. The highest BCUT2D eigenvalue weighted by Crippen LogP contribution is 2.17. The van der Waals surface area contributed by atoms with Crippen molar-refractivity contribution in [2.75, 3.05) is 39.4 Å². The molecule has 0 saturated carbocycles. The van der Waals surface area contributed by atoms with Gasteiger partial charge in [0.15, 0.2) is 0 Å². The van der Waals surface area contributed by atoms with Gasteiger partial charge in [-0.15, -0.1) is 0 Å². The molecule has 0 aliphatic carbocycles. The van der Waals surface area contributed by atoms with Gasteiger partial charge in [0.2, 0.25) is 11.8 Å². The standard InChI is InChI=1S/C13H23N3O3/c1-2-15-13(18)11-9-19-6-5-16(11)12(17)7-10-3-4-14-8-10/h10-11,14H,2-9H2,1H3,(H,15,18). The maximum Gasteiger partial charge on any atom is 0.245 e. The summed E-state index contributed by atoms with van der Waals surface area (Å²) in [5, 5.41) is 6.03. The van der Waals surface area contributed by atoms with Crippen LogP contribution in [0, 0.1) is 5.92 Å². The summed E-state index contributed by atoms with van der Waals surface area (Å²) in [6.07, 6.45) is 1.57. The summed E-state index contributed by atoms with van der Waals surface area (Å²) in [6, 6.07) is -0.462. The molecule has 2 N–H and O–H groups in total. The van der Waals surface area contributed by atoms with Crippen LogP contribution in [0.5, 0.6) is 0 Å². The van der Waals surface area contributed by atoms with E-state index in [0.717, 1.165) is 19.5 Å². The van der Waals surface area contributed by atoms with E-state index in [-0.39, 0.29) is 11.8 Å². The molecule has 2 rings (SSSR count). The maximum atomic E-state index is 12.3. The molecule has 2 unspecified atom stereocenters. The van der Waals surface area contributed by atoms with Crippen LogP contribution < -0.4 is 10.6 Å². The molecule has 0 bridgehead atoms. The highest BCUT2D eigenvalue weighted by Gasteiger charge is 2.33. The van der Waals surface area contributed by atoms with Crippen LogP contribution in [0.3, 0.4) is 0 Å². The van der Waals surface area contributed by atoms with E-state index in [1.807, 2.05) is 6.92 Å². The highest BCUT2D eigenvalue weighted by molar-refractivity contribution is 5.88. The number of hydrogen-bond donors (Lipinski definition) is 2. The molecule has 2 amide bonds. The van der Waals surface area contributed by atoms with Crippen LogP contribution >= 0.6 is 0 Å². The van der Waals surface area contributed by atoms with Crippen LogP contribution in [0.25, 0.3) is 0 Å². The van der Waals surface area contributed by atoms with Crippen molar-refractivity contribution in [3.8, 4) is 0 Å². The van der Waals surface area contributed by atoms with Crippen LogP contribution in [0.1, 0.15) is 19.8 Å². The molecule has 2 heterocycles. The molecular formula is C13H23N3O3. The average molecular weight is 269 g/mol. The Balaban J connectivity index is 1.93. The van der Waals surface area contributed by atoms with Gasteiger partial charge in [-0.2, -0.15) is 0 Å². The molecule has 0 aromatic carbocycles. The molecule has 2 aliphatic heterocycles. The highest BCUT2D eigenvalue weighted by atomic mass is 16.5. The van der Waals surface area contributed by atoms with Gasteiger partial charge in [-0.05, 0) is 32.4 Å². The van der Waals surface area contributed by atoms with E-state index in [9.17, 15) is 9.59 Å². The Bertz CT molecular complexity index is 329. The fraction of sp³-hybridized carbons (Fsp3) is 0.846. The summed E-state index contributed by atoms with van der Waals surface area (Å²) in [5.41, 5.74) is 0. The number of carbonyl (C=O) groups excluding carboxylic acids is 2. The molecule has 2 aliphatic rings. The van der Waals surface area contributed by atoms with E-state index in [4.69, 9.17) is 4.74 Å². The van der Waals surface area contributed by atoms with Crippen LogP contribution in [-0.2, 0) is 14.3 Å². The van der Waals surface area contributed by atoms with E-state index in [0.29, 0.717) is 38.6 Å². The molecular weight excluding hydrogens is 246 g/mol. The summed E-state index contributed by atoms with van der Waals surface area (Å²) in [6.45, 7) is 5.68. The van der Waals surface area contributed by atoms with Crippen LogP contribution in [0.2, 0.25) is 0 Å².